The molecule has 2 aromatic rings. The molecular weight excluding hydrogens is 274 g/mol. The van der Waals surface area contributed by atoms with Crippen LogP contribution in [0.4, 0.5) is 0 Å². The summed E-state index contributed by atoms with van der Waals surface area (Å²) < 4.78 is 6.06. The molecule has 0 N–H and O–H groups in total. The van der Waals surface area contributed by atoms with Crippen molar-refractivity contribution in [2.24, 2.45) is 5.11 Å². The molecule has 4 nitrogen and oxygen atoms in total. The molecule has 1 atom stereocenters. The third-order valence-corrected chi connectivity index (χ3v) is 4.21. The summed E-state index contributed by atoms with van der Waals surface area (Å²) in [4.78, 5) is 3.10. The fourth-order valence-electron chi connectivity index (χ4n) is 3.25. The average Bonchev–Trinajstić information content (AvgIpc) is 2.58. The van der Waals surface area contributed by atoms with Gasteiger partial charge in [0.2, 0.25) is 0 Å². The molecule has 1 fully saturated rings. The van der Waals surface area contributed by atoms with Crippen molar-refractivity contribution in [2.45, 2.75) is 30.9 Å². The number of azide groups is 1. The molecule has 0 bridgehead atoms. The molecule has 1 aliphatic heterocycles. The molecular formula is C18H19N3O. The van der Waals surface area contributed by atoms with Gasteiger partial charge in [0, 0.05) is 17.4 Å². The van der Waals surface area contributed by atoms with Gasteiger partial charge in [-0.3, -0.25) is 0 Å². The van der Waals surface area contributed by atoms with Crippen LogP contribution in [0.25, 0.3) is 10.4 Å². The minimum Gasteiger partial charge on any atom is -0.368 e. The maximum absolute atomic E-state index is 9.10. The lowest BCUT2D eigenvalue weighted by Crippen LogP contribution is -2.40. The van der Waals surface area contributed by atoms with E-state index in [2.05, 4.69) is 34.3 Å². The van der Waals surface area contributed by atoms with E-state index in [1.165, 1.54) is 0 Å². The van der Waals surface area contributed by atoms with E-state index in [0.29, 0.717) is 6.61 Å². The molecule has 0 saturated carbocycles. The maximum Gasteiger partial charge on any atom is 0.157 e. The smallest absolute Gasteiger partial charge is 0.157 e. The summed E-state index contributed by atoms with van der Waals surface area (Å²) >= 11 is 0. The Hall–Kier alpha value is -2.29. The normalized spacial score (nSPS) is 21.3. The van der Waals surface area contributed by atoms with Gasteiger partial charge in [-0.2, -0.15) is 0 Å². The Morgan fingerprint density at radius 2 is 1.55 bits per heavy atom. The standard InChI is InChI=1S/C18H19N3O/c19-21-20-18(13-7-8-14-22-18)17(15-9-3-1-4-10-15)16-11-5-2-6-12-16/h1-6,9-12,17H,7-8,13-14H2. The molecule has 0 amide bonds. The molecule has 3 rings (SSSR count). The van der Waals surface area contributed by atoms with Crippen molar-refractivity contribution in [1.82, 2.24) is 0 Å². The Bertz CT molecular complexity index is 605. The highest BCUT2D eigenvalue weighted by Crippen LogP contribution is 2.43. The van der Waals surface area contributed by atoms with Gasteiger partial charge in [-0.1, -0.05) is 65.8 Å². The number of rotatable bonds is 4. The molecule has 2 aromatic carbocycles. The van der Waals surface area contributed by atoms with Crippen LogP contribution in [0.2, 0.25) is 0 Å². The van der Waals surface area contributed by atoms with Crippen LogP contribution in [0.5, 0.6) is 0 Å². The topological polar surface area (TPSA) is 58.0 Å². The minimum atomic E-state index is -0.838. The second-order valence-electron chi connectivity index (χ2n) is 5.59. The predicted octanol–water partition coefficient (Wildman–Crippen LogP) is 5.03. The highest BCUT2D eigenvalue weighted by Gasteiger charge is 2.42. The van der Waals surface area contributed by atoms with Crippen molar-refractivity contribution in [1.29, 1.82) is 0 Å². The van der Waals surface area contributed by atoms with Crippen molar-refractivity contribution in [3.63, 3.8) is 0 Å². The monoisotopic (exact) mass is 293 g/mol. The third-order valence-electron chi connectivity index (χ3n) is 4.21. The predicted molar refractivity (Wildman–Crippen MR) is 86.4 cm³/mol. The second-order valence-corrected chi connectivity index (χ2v) is 5.59. The summed E-state index contributed by atoms with van der Waals surface area (Å²) in [5.74, 6) is -0.0916. The van der Waals surface area contributed by atoms with E-state index >= 15 is 0 Å². The number of hydrogen-bond donors (Lipinski definition) is 0. The molecule has 1 heterocycles. The first-order chi connectivity index (χ1) is 10.9. The number of benzene rings is 2. The highest BCUT2D eigenvalue weighted by molar-refractivity contribution is 5.36. The number of nitrogens with zero attached hydrogens (tertiary/aromatic N) is 3. The summed E-state index contributed by atoms with van der Waals surface area (Å²) in [6, 6.07) is 20.3. The molecule has 1 unspecified atom stereocenters. The first-order valence-corrected chi connectivity index (χ1v) is 7.66. The van der Waals surface area contributed by atoms with Crippen molar-refractivity contribution in [2.75, 3.05) is 6.61 Å². The van der Waals surface area contributed by atoms with Gasteiger partial charge in [-0.05, 0) is 35.9 Å². The van der Waals surface area contributed by atoms with Crippen LogP contribution in [-0.4, -0.2) is 12.3 Å². The summed E-state index contributed by atoms with van der Waals surface area (Å²) in [5.41, 5.74) is 10.5. The van der Waals surface area contributed by atoms with E-state index in [1.807, 2.05) is 36.4 Å². The largest absolute Gasteiger partial charge is 0.368 e. The SMILES string of the molecule is [N-]=[N+]=NC1(C(c2ccccc2)c2ccccc2)CCCCO1. The zero-order valence-corrected chi connectivity index (χ0v) is 12.4. The van der Waals surface area contributed by atoms with Gasteiger partial charge in [-0.25, -0.2) is 0 Å². The molecule has 0 aliphatic carbocycles. The molecule has 1 aliphatic rings. The van der Waals surface area contributed by atoms with Crippen LogP contribution in [0.15, 0.2) is 65.8 Å². The van der Waals surface area contributed by atoms with Gasteiger partial charge < -0.3 is 4.74 Å². The van der Waals surface area contributed by atoms with Gasteiger partial charge in [0.25, 0.3) is 0 Å². The van der Waals surface area contributed by atoms with Crippen LogP contribution in [0, 0.1) is 0 Å². The highest BCUT2D eigenvalue weighted by atomic mass is 16.5. The lowest BCUT2D eigenvalue weighted by molar-refractivity contribution is -0.0840. The van der Waals surface area contributed by atoms with E-state index < -0.39 is 5.72 Å². The van der Waals surface area contributed by atoms with Crippen LogP contribution >= 0.6 is 0 Å². The Kier molecular flexibility index (Phi) is 4.42. The Labute approximate surface area is 130 Å². The van der Waals surface area contributed by atoms with E-state index in [0.717, 1.165) is 30.4 Å². The lowest BCUT2D eigenvalue weighted by atomic mass is 9.79. The summed E-state index contributed by atoms with van der Waals surface area (Å²) in [6.45, 7) is 0.634. The Morgan fingerprint density at radius 1 is 0.955 bits per heavy atom. The second kappa shape index (κ2) is 6.65. The van der Waals surface area contributed by atoms with Gasteiger partial charge in [0.15, 0.2) is 5.72 Å². The van der Waals surface area contributed by atoms with Crippen molar-refractivity contribution in [3.05, 3.63) is 82.2 Å². The van der Waals surface area contributed by atoms with E-state index in [-0.39, 0.29) is 5.92 Å². The van der Waals surface area contributed by atoms with Gasteiger partial charge >= 0.3 is 0 Å². The number of hydrogen-bond acceptors (Lipinski definition) is 2. The molecule has 1 saturated heterocycles. The molecule has 0 aromatic heterocycles. The van der Waals surface area contributed by atoms with Crippen LogP contribution in [0.3, 0.4) is 0 Å². The first kappa shape index (κ1) is 14.6. The minimum absolute atomic E-state index is 0.0916. The Morgan fingerprint density at radius 3 is 2.00 bits per heavy atom. The van der Waals surface area contributed by atoms with Gasteiger partial charge in [-0.15, -0.1) is 0 Å². The van der Waals surface area contributed by atoms with Crippen LogP contribution < -0.4 is 0 Å². The zero-order chi connectivity index (χ0) is 15.3. The van der Waals surface area contributed by atoms with Gasteiger partial charge in [0.05, 0.1) is 0 Å². The maximum atomic E-state index is 9.10. The third kappa shape index (κ3) is 2.84. The van der Waals surface area contributed by atoms with Crippen molar-refractivity contribution < 1.29 is 4.74 Å². The van der Waals surface area contributed by atoms with Crippen molar-refractivity contribution in [3.8, 4) is 0 Å². The molecule has 0 radical (unpaired) electrons. The van der Waals surface area contributed by atoms with Crippen LogP contribution in [-0.2, 0) is 4.74 Å². The van der Waals surface area contributed by atoms with Crippen LogP contribution in [0.1, 0.15) is 36.3 Å². The average molecular weight is 293 g/mol. The summed E-state index contributed by atoms with van der Waals surface area (Å²) in [6.07, 6.45) is 2.76. The zero-order valence-electron chi connectivity index (χ0n) is 12.4. The molecule has 4 heteroatoms. The van der Waals surface area contributed by atoms with E-state index in [4.69, 9.17) is 10.3 Å². The van der Waals surface area contributed by atoms with E-state index in [9.17, 15) is 0 Å². The van der Waals surface area contributed by atoms with Gasteiger partial charge in [0.1, 0.15) is 0 Å². The molecule has 0 spiro atoms. The lowest BCUT2D eigenvalue weighted by Gasteiger charge is -2.40. The first-order valence-electron chi connectivity index (χ1n) is 7.66. The quantitative estimate of drug-likeness (QED) is 0.443. The fourth-order valence-corrected chi connectivity index (χ4v) is 3.25. The summed E-state index contributed by atoms with van der Waals surface area (Å²) in [5, 5.41) is 4.13. The fraction of sp³-hybridized carbons (Fsp3) is 0.333. The van der Waals surface area contributed by atoms with E-state index in [1.54, 1.807) is 0 Å². The molecule has 112 valence electrons. The molecule has 22 heavy (non-hydrogen) atoms. The number of ether oxygens (including phenoxy) is 1. The van der Waals surface area contributed by atoms with Crippen molar-refractivity contribution >= 4 is 0 Å². The Balaban J connectivity index is 2.13. The summed E-state index contributed by atoms with van der Waals surface area (Å²) in [7, 11) is 0.